The van der Waals surface area contributed by atoms with Crippen molar-refractivity contribution in [2.24, 2.45) is 0 Å². The molecular weight excluding hydrogens is 188 g/mol. The second-order valence-electron chi connectivity index (χ2n) is 4.45. The van der Waals surface area contributed by atoms with Gasteiger partial charge in [-0.05, 0) is 30.5 Å². The molecule has 0 bridgehead atoms. The first-order valence-electron chi connectivity index (χ1n) is 5.47. The smallest absolute Gasteiger partial charge is 0.118 e. The highest BCUT2D eigenvalue weighted by molar-refractivity contribution is 5.32. The van der Waals surface area contributed by atoms with Crippen LogP contribution in [0, 0.1) is 0 Å². The van der Waals surface area contributed by atoms with Crippen molar-refractivity contribution >= 4 is 0 Å². The molecule has 0 spiro atoms. The van der Waals surface area contributed by atoms with Gasteiger partial charge in [-0.3, -0.25) is 0 Å². The standard InChI is InChI=1S/C13H18O2/c1-13(8-3-9-15-10-13)11-4-6-12(14-2)7-5-11/h4-7H,3,8-10H2,1-2H3. The lowest BCUT2D eigenvalue weighted by molar-refractivity contribution is 0.0419. The van der Waals surface area contributed by atoms with Crippen molar-refractivity contribution in [3.63, 3.8) is 0 Å². The van der Waals surface area contributed by atoms with Crippen LogP contribution in [0.5, 0.6) is 5.75 Å². The minimum atomic E-state index is 0.185. The zero-order valence-electron chi connectivity index (χ0n) is 9.45. The lowest BCUT2D eigenvalue weighted by Gasteiger charge is -2.33. The van der Waals surface area contributed by atoms with E-state index in [2.05, 4.69) is 19.1 Å². The fraction of sp³-hybridized carbons (Fsp3) is 0.538. The van der Waals surface area contributed by atoms with Gasteiger partial charge in [0.25, 0.3) is 0 Å². The van der Waals surface area contributed by atoms with Gasteiger partial charge in [-0.2, -0.15) is 0 Å². The van der Waals surface area contributed by atoms with Crippen molar-refractivity contribution in [1.29, 1.82) is 0 Å². The summed E-state index contributed by atoms with van der Waals surface area (Å²) in [5.41, 5.74) is 1.54. The van der Waals surface area contributed by atoms with E-state index in [1.54, 1.807) is 7.11 Å². The molecule has 1 atom stereocenters. The molecule has 1 unspecified atom stereocenters. The van der Waals surface area contributed by atoms with Crippen molar-refractivity contribution in [1.82, 2.24) is 0 Å². The number of ether oxygens (including phenoxy) is 2. The van der Waals surface area contributed by atoms with Gasteiger partial charge in [0.15, 0.2) is 0 Å². The van der Waals surface area contributed by atoms with E-state index in [4.69, 9.17) is 9.47 Å². The zero-order chi connectivity index (χ0) is 10.7. The Labute approximate surface area is 91.2 Å². The molecule has 82 valence electrons. The monoisotopic (exact) mass is 206 g/mol. The maximum atomic E-state index is 5.56. The SMILES string of the molecule is COc1ccc(C2(C)CCCOC2)cc1. The molecule has 2 rings (SSSR count). The molecule has 1 aromatic carbocycles. The molecule has 1 fully saturated rings. The average molecular weight is 206 g/mol. The summed E-state index contributed by atoms with van der Waals surface area (Å²) in [6.07, 6.45) is 2.36. The maximum absolute atomic E-state index is 5.56. The lowest BCUT2D eigenvalue weighted by atomic mass is 9.78. The average Bonchev–Trinajstić information content (AvgIpc) is 2.30. The fourth-order valence-electron chi connectivity index (χ4n) is 2.16. The molecule has 2 nitrogen and oxygen atoms in total. The van der Waals surface area contributed by atoms with Crippen LogP contribution in [0.1, 0.15) is 25.3 Å². The Balaban J connectivity index is 2.20. The topological polar surface area (TPSA) is 18.5 Å². The van der Waals surface area contributed by atoms with Crippen LogP contribution in [0.4, 0.5) is 0 Å². The number of rotatable bonds is 2. The summed E-state index contributed by atoms with van der Waals surface area (Å²) in [6.45, 7) is 4.01. The number of hydrogen-bond donors (Lipinski definition) is 0. The minimum absolute atomic E-state index is 0.185. The van der Waals surface area contributed by atoms with Gasteiger partial charge < -0.3 is 9.47 Å². The van der Waals surface area contributed by atoms with E-state index < -0.39 is 0 Å². The normalized spacial score (nSPS) is 26.3. The Hall–Kier alpha value is -1.02. The molecule has 0 aliphatic carbocycles. The summed E-state index contributed by atoms with van der Waals surface area (Å²) < 4.78 is 10.7. The predicted octanol–water partition coefficient (Wildman–Crippen LogP) is 2.76. The summed E-state index contributed by atoms with van der Waals surface area (Å²) in [5, 5.41) is 0. The molecule has 1 aliphatic heterocycles. The first kappa shape index (κ1) is 10.5. The first-order chi connectivity index (χ1) is 7.24. The van der Waals surface area contributed by atoms with Crippen LogP contribution in [-0.2, 0) is 10.2 Å². The van der Waals surface area contributed by atoms with Gasteiger partial charge in [0.1, 0.15) is 5.75 Å². The zero-order valence-corrected chi connectivity index (χ0v) is 9.45. The van der Waals surface area contributed by atoms with Crippen molar-refractivity contribution in [2.45, 2.75) is 25.2 Å². The molecular formula is C13H18O2. The van der Waals surface area contributed by atoms with Crippen molar-refractivity contribution in [3.8, 4) is 5.75 Å². The van der Waals surface area contributed by atoms with Crippen molar-refractivity contribution in [3.05, 3.63) is 29.8 Å². The van der Waals surface area contributed by atoms with Crippen LogP contribution in [0.3, 0.4) is 0 Å². The van der Waals surface area contributed by atoms with E-state index in [1.807, 2.05) is 12.1 Å². The van der Waals surface area contributed by atoms with Gasteiger partial charge in [-0.1, -0.05) is 19.1 Å². The molecule has 1 heterocycles. The van der Waals surface area contributed by atoms with E-state index >= 15 is 0 Å². The molecule has 0 aromatic heterocycles. The Kier molecular flexibility index (Phi) is 2.96. The number of hydrogen-bond acceptors (Lipinski definition) is 2. The molecule has 2 heteroatoms. The van der Waals surface area contributed by atoms with E-state index in [9.17, 15) is 0 Å². The van der Waals surface area contributed by atoms with Crippen molar-refractivity contribution in [2.75, 3.05) is 20.3 Å². The van der Waals surface area contributed by atoms with Crippen LogP contribution in [0.2, 0.25) is 0 Å². The highest BCUT2D eigenvalue weighted by Crippen LogP contribution is 2.33. The number of benzene rings is 1. The van der Waals surface area contributed by atoms with Gasteiger partial charge in [0, 0.05) is 12.0 Å². The summed E-state index contributed by atoms with van der Waals surface area (Å²) in [4.78, 5) is 0. The third-order valence-electron chi connectivity index (χ3n) is 3.22. The minimum Gasteiger partial charge on any atom is -0.497 e. The molecule has 0 N–H and O–H groups in total. The summed E-state index contributed by atoms with van der Waals surface area (Å²) in [6, 6.07) is 8.34. The number of methoxy groups -OCH3 is 1. The van der Waals surface area contributed by atoms with Crippen LogP contribution in [0.25, 0.3) is 0 Å². The molecule has 1 aromatic rings. The second kappa shape index (κ2) is 4.23. The Morgan fingerprint density at radius 3 is 2.53 bits per heavy atom. The fourth-order valence-corrected chi connectivity index (χ4v) is 2.16. The quantitative estimate of drug-likeness (QED) is 0.740. The molecule has 15 heavy (non-hydrogen) atoms. The van der Waals surface area contributed by atoms with E-state index in [0.29, 0.717) is 0 Å². The Morgan fingerprint density at radius 1 is 1.27 bits per heavy atom. The molecule has 0 saturated carbocycles. The maximum Gasteiger partial charge on any atom is 0.118 e. The van der Waals surface area contributed by atoms with Crippen molar-refractivity contribution < 1.29 is 9.47 Å². The van der Waals surface area contributed by atoms with Gasteiger partial charge >= 0.3 is 0 Å². The molecule has 0 amide bonds. The van der Waals surface area contributed by atoms with E-state index in [1.165, 1.54) is 12.0 Å². The van der Waals surface area contributed by atoms with Gasteiger partial charge in [0.2, 0.25) is 0 Å². The van der Waals surface area contributed by atoms with Gasteiger partial charge in [-0.15, -0.1) is 0 Å². The Morgan fingerprint density at radius 2 is 2.00 bits per heavy atom. The highest BCUT2D eigenvalue weighted by atomic mass is 16.5. The van der Waals surface area contributed by atoms with Crippen LogP contribution in [-0.4, -0.2) is 20.3 Å². The highest BCUT2D eigenvalue weighted by Gasteiger charge is 2.29. The summed E-state index contributed by atoms with van der Waals surface area (Å²) in [5.74, 6) is 0.916. The van der Waals surface area contributed by atoms with Gasteiger partial charge in [0.05, 0.1) is 13.7 Å². The van der Waals surface area contributed by atoms with Gasteiger partial charge in [-0.25, -0.2) is 0 Å². The van der Waals surface area contributed by atoms with Crippen LogP contribution in [0.15, 0.2) is 24.3 Å². The molecule has 0 radical (unpaired) electrons. The summed E-state index contributed by atoms with van der Waals surface area (Å²) >= 11 is 0. The molecule has 1 saturated heterocycles. The third-order valence-corrected chi connectivity index (χ3v) is 3.22. The lowest BCUT2D eigenvalue weighted by Crippen LogP contribution is -2.32. The summed E-state index contributed by atoms with van der Waals surface area (Å²) in [7, 11) is 1.69. The first-order valence-corrected chi connectivity index (χ1v) is 5.47. The third kappa shape index (κ3) is 2.15. The van der Waals surface area contributed by atoms with E-state index in [0.717, 1.165) is 25.4 Å². The second-order valence-corrected chi connectivity index (χ2v) is 4.45. The van der Waals surface area contributed by atoms with Crippen LogP contribution >= 0.6 is 0 Å². The Bertz CT molecular complexity index is 310. The largest absolute Gasteiger partial charge is 0.497 e. The van der Waals surface area contributed by atoms with Crippen LogP contribution < -0.4 is 4.74 Å². The molecule has 1 aliphatic rings. The predicted molar refractivity (Wildman–Crippen MR) is 60.4 cm³/mol. The van der Waals surface area contributed by atoms with E-state index in [-0.39, 0.29) is 5.41 Å².